The molecule has 1 aliphatic rings. The predicted molar refractivity (Wildman–Crippen MR) is 128 cm³/mol. The van der Waals surface area contributed by atoms with E-state index in [9.17, 15) is 9.18 Å². The first-order valence-corrected chi connectivity index (χ1v) is 11.5. The molecule has 1 aliphatic carbocycles. The van der Waals surface area contributed by atoms with Crippen molar-refractivity contribution in [2.24, 2.45) is 0 Å². The van der Waals surface area contributed by atoms with Gasteiger partial charge in [-0.25, -0.2) is 14.2 Å². The third kappa shape index (κ3) is 5.21. The Morgan fingerprint density at radius 3 is 2.58 bits per heavy atom. The van der Waals surface area contributed by atoms with Gasteiger partial charge in [0.2, 0.25) is 0 Å². The summed E-state index contributed by atoms with van der Waals surface area (Å²) < 4.78 is 25.2. The van der Waals surface area contributed by atoms with Crippen LogP contribution in [0.2, 0.25) is 10.0 Å². The van der Waals surface area contributed by atoms with Gasteiger partial charge in [-0.05, 0) is 61.6 Å². The number of ether oxygens (including phenoxy) is 2. The molecule has 0 bridgehead atoms. The Hall–Kier alpha value is -2.89. The molecule has 0 aliphatic heterocycles. The summed E-state index contributed by atoms with van der Waals surface area (Å²) in [5, 5.41) is 0.753. The highest BCUT2D eigenvalue weighted by Gasteiger charge is 2.23. The van der Waals surface area contributed by atoms with Crippen molar-refractivity contribution in [2.75, 3.05) is 6.61 Å². The number of allylic oxidation sites excluding steroid dienone is 2. The van der Waals surface area contributed by atoms with Crippen molar-refractivity contribution in [1.29, 1.82) is 0 Å². The smallest absolute Gasteiger partial charge is 0.356 e. The van der Waals surface area contributed by atoms with Crippen LogP contribution in [0, 0.1) is 5.82 Å². The third-order valence-electron chi connectivity index (χ3n) is 5.45. The summed E-state index contributed by atoms with van der Waals surface area (Å²) in [5.74, 6) is -0.272. The number of hydrogen-bond donors (Lipinski definition) is 0. The molecule has 7 heteroatoms. The summed E-state index contributed by atoms with van der Waals surface area (Å²) in [6, 6.07) is 15.2. The summed E-state index contributed by atoms with van der Waals surface area (Å²) in [6.45, 7) is 2.09. The lowest BCUT2D eigenvalue weighted by molar-refractivity contribution is 0.0519. The second-order valence-corrected chi connectivity index (χ2v) is 8.40. The lowest BCUT2D eigenvalue weighted by Crippen LogP contribution is -2.08. The maximum atomic E-state index is 14.1. The van der Waals surface area contributed by atoms with Crippen LogP contribution in [0.15, 0.2) is 54.6 Å². The van der Waals surface area contributed by atoms with Crippen LogP contribution in [0.4, 0.5) is 4.39 Å². The first-order chi connectivity index (χ1) is 16.0. The molecule has 0 radical (unpaired) electrons. The SMILES string of the molecule is CCOC(=O)c1cccc(C2=C(c3cc(Cl)c(Cl)cc3OCc3ccccc3F)CCC2)n1. The molecule has 1 heterocycles. The molecule has 0 fully saturated rings. The molecule has 0 saturated heterocycles. The minimum Gasteiger partial charge on any atom is -0.488 e. The molecule has 0 saturated carbocycles. The van der Waals surface area contributed by atoms with Crippen molar-refractivity contribution < 1.29 is 18.7 Å². The molecular weight excluding hydrogens is 464 g/mol. The van der Waals surface area contributed by atoms with Gasteiger partial charge in [0.15, 0.2) is 0 Å². The summed E-state index contributed by atoms with van der Waals surface area (Å²) in [7, 11) is 0. The summed E-state index contributed by atoms with van der Waals surface area (Å²) in [5.41, 5.74) is 4.23. The molecule has 0 atom stereocenters. The molecule has 33 heavy (non-hydrogen) atoms. The van der Waals surface area contributed by atoms with Gasteiger partial charge in [-0.1, -0.05) is 47.5 Å². The summed E-state index contributed by atoms with van der Waals surface area (Å²) >= 11 is 12.6. The standard InChI is InChI=1S/C26H22Cl2FNO3/c1-2-32-26(31)24-12-6-11-23(30-24)18-9-5-8-17(18)19-13-20(27)21(28)14-25(19)33-15-16-7-3-4-10-22(16)29/h3-4,6-7,10-14H,2,5,8-9,15H2,1H3. The lowest BCUT2D eigenvalue weighted by Gasteiger charge is -2.16. The average Bonchev–Trinajstić information content (AvgIpc) is 3.30. The first kappa shape index (κ1) is 23.3. The minimum atomic E-state index is -0.456. The van der Waals surface area contributed by atoms with E-state index >= 15 is 0 Å². The van der Waals surface area contributed by atoms with Crippen molar-refractivity contribution in [1.82, 2.24) is 4.98 Å². The molecule has 170 valence electrons. The summed E-state index contributed by atoms with van der Waals surface area (Å²) in [6.07, 6.45) is 2.50. The van der Waals surface area contributed by atoms with Crippen LogP contribution < -0.4 is 4.74 Å². The van der Waals surface area contributed by atoms with E-state index in [1.54, 1.807) is 49.4 Å². The molecule has 3 aromatic rings. The van der Waals surface area contributed by atoms with Crippen molar-refractivity contribution in [3.8, 4) is 5.75 Å². The van der Waals surface area contributed by atoms with E-state index in [1.807, 2.05) is 6.07 Å². The molecule has 4 nitrogen and oxygen atoms in total. The van der Waals surface area contributed by atoms with Gasteiger partial charge in [0, 0.05) is 17.2 Å². The lowest BCUT2D eigenvalue weighted by atomic mass is 9.98. The van der Waals surface area contributed by atoms with Gasteiger partial charge in [0.1, 0.15) is 23.9 Å². The van der Waals surface area contributed by atoms with Crippen LogP contribution in [0.25, 0.3) is 11.1 Å². The van der Waals surface area contributed by atoms with Crippen molar-refractivity contribution in [3.63, 3.8) is 0 Å². The Labute approximate surface area is 202 Å². The van der Waals surface area contributed by atoms with E-state index in [0.29, 0.717) is 27.1 Å². The number of benzene rings is 2. The van der Waals surface area contributed by atoms with Crippen LogP contribution in [-0.2, 0) is 11.3 Å². The second kappa shape index (κ2) is 10.4. The Morgan fingerprint density at radius 1 is 1.03 bits per heavy atom. The maximum Gasteiger partial charge on any atom is 0.356 e. The highest BCUT2D eigenvalue weighted by Crippen LogP contribution is 2.44. The molecule has 0 N–H and O–H groups in total. The number of aromatic nitrogens is 1. The van der Waals surface area contributed by atoms with Gasteiger partial charge in [0.25, 0.3) is 0 Å². The normalized spacial score (nSPS) is 13.3. The van der Waals surface area contributed by atoms with E-state index < -0.39 is 5.97 Å². The van der Waals surface area contributed by atoms with E-state index in [-0.39, 0.29) is 24.7 Å². The molecule has 0 amide bonds. The number of esters is 1. The third-order valence-corrected chi connectivity index (χ3v) is 6.17. The predicted octanol–water partition coefficient (Wildman–Crippen LogP) is 7.38. The highest BCUT2D eigenvalue weighted by molar-refractivity contribution is 6.42. The Morgan fingerprint density at radius 2 is 1.79 bits per heavy atom. The largest absolute Gasteiger partial charge is 0.488 e. The van der Waals surface area contributed by atoms with Gasteiger partial charge in [0.05, 0.1) is 22.3 Å². The molecule has 0 unspecified atom stereocenters. The van der Waals surface area contributed by atoms with Gasteiger partial charge in [-0.2, -0.15) is 0 Å². The molecule has 1 aromatic heterocycles. The van der Waals surface area contributed by atoms with Gasteiger partial charge >= 0.3 is 5.97 Å². The molecule has 0 spiro atoms. The Bertz CT molecular complexity index is 1230. The molecule has 4 rings (SSSR count). The zero-order valence-corrected chi connectivity index (χ0v) is 19.5. The summed E-state index contributed by atoms with van der Waals surface area (Å²) in [4.78, 5) is 16.7. The van der Waals surface area contributed by atoms with E-state index in [1.165, 1.54) is 6.07 Å². The van der Waals surface area contributed by atoms with Crippen LogP contribution >= 0.6 is 23.2 Å². The second-order valence-electron chi connectivity index (χ2n) is 7.58. The van der Waals surface area contributed by atoms with Crippen LogP contribution in [0.1, 0.15) is 53.5 Å². The fourth-order valence-electron chi connectivity index (χ4n) is 3.90. The van der Waals surface area contributed by atoms with Crippen molar-refractivity contribution in [2.45, 2.75) is 32.8 Å². The quantitative estimate of drug-likeness (QED) is 0.327. The van der Waals surface area contributed by atoms with E-state index in [0.717, 1.165) is 36.0 Å². The number of pyridine rings is 1. The van der Waals surface area contributed by atoms with Crippen molar-refractivity contribution >= 4 is 40.3 Å². The number of halogens is 3. The number of carbonyl (C=O) groups excluding carboxylic acids is 1. The zero-order valence-electron chi connectivity index (χ0n) is 18.0. The van der Waals surface area contributed by atoms with Gasteiger partial charge < -0.3 is 9.47 Å². The topological polar surface area (TPSA) is 48.4 Å². The molecular formula is C26H22Cl2FNO3. The van der Waals surface area contributed by atoms with E-state index in [2.05, 4.69) is 4.98 Å². The van der Waals surface area contributed by atoms with Crippen LogP contribution in [-0.4, -0.2) is 17.6 Å². The first-order valence-electron chi connectivity index (χ1n) is 10.7. The number of hydrogen-bond acceptors (Lipinski definition) is 4. The number of nitrogens with zero attached hydrogens (tertiary/aromatic N) is 1. The number of rotatable bonds is 7. The monoisotopic (exact) mass is 485 g/mol. The molecule has 2 aromatic carbocycles. The number of carbonyl (C=O) groups is 1. The Kier molecular flexibility index (Phi) is 7.31. The fourth-order valence-corrected chi connectivity index (χ4v) is 4.22. The van der Waals surface area contributed by atoms with Gasteiger partial charge in [-0.15, -0.1) is 0 Å². The van der Waals surface area contributed by atoms with E-state index in [4.69, 9.17) is 32.7 Å². The highest BCUT2D eigenvalue weighted by atomic mass is 35.5. The van der Waals surface area contributed by atoms with Crippen molar-refractivity contribution in [3.05, 3.63) is 93.0 Å². The van der Waals surface area contributed by atoms with Crippen LogP contribution in [0.3, 0.4) is 0 Å². The zero-order chi connectivity index (χ0) is 23.4. The minimum absolute atomic E-state index is 0.0524. The average molecular weight is 486 g/mol. The maximum absolute atomic E-state index is 14.1. The van der Waals surface area contributed by atoms with Crippen LogP contribution in [0.5, 0.6) is 5.75 Å². The van der Waals surface area contributed by atoms with Gasteiger partial charge in [-0.3, -0.25) is 0 Å². The Balaban J connectivity index is 1.73. The fraction of sp³-hybridized carbons (Fsp3) is 0.231.